The van der Waals surface area contributed by atoms with Gasteiger partial charge in [0.1, 0.15) is 0 Å². The molecule has 0 radical (unpaired) electrons. The van der Waals surface area contributed by atoms with Crippen LogP contribution in [0.1, 0.15) is 30.0 Å². The van der Waals surface area contributed by atoms with E-state index in [1.807, 2.05) is 12.1 Å². The minimum atomic E-state index is -4.31. The lowest BCUT2D eigenvalue weighted by Gasteiger charge is -2.35. The molecule has 1 atom stereocenters. The normalized spacial score (nSPS) is 17.0. The van der Waals surface area contributed by atoms with E-state index in [2.05, 4.69) is 22.3 Å². The van der Waals surface area contributed by atoms with Crippen molar-refractivity contribution in [2.45, 2.75) is 25.1 Å². The number of aliphatic hydroxyl groups is 1. The van der Waals surface area contributed by atoms with Crippen molar-refractivity contribution in [3.05, 3.63) is 59.7 Å². The molecule has 146 valence electrons. The molecular weight excluding hydrogens is 353 g/mol. The third kappa shape index (κ3) is 5.09. The van der Waals surface area contributed by atoms with Crippen LogP contribution in [0.2, 0.25) is 0 Å². The summed E-state index contributed by atoms with van der Waals surface area (Å²) in [5.41, 5.74) is 2.21. The predicted octanol–water partition coefficient (Wildman–Crippen LogP) is 4.09. The number of benzene rings is 2. The summed E-state index contributed by atoms with van der Waals surface area (Å²) in [5.74, 6) is 0. The molecule has 0 unspecified atom stereocenters. The molecule has 0 amide bonds. The smallest absolute Gasteiger partial charge is 0.396 e. The van der Waals surface area contributed by atoms with Gasteiger partial charge in [0, 0.05) is 38.8 Å². The lowest BCUT2D eigenvalue weighted by atomic mass is 9.96. The first-order valence-corrected chi connectivity index (χ1v) is 9.32. The van der Waals surface area contributed by atoms with Gasteiger partial charge in [-0.15, -0.1) is 0 Å². The summed E-state index contributed by atoms with van der Waals surface area (Å²) in [6, 6.07) is 13.5. The van der Waals surface area contributed by atoms with E-state index >= 15 is 0 Å². The fourth-order valence-corrected chi connectivity index (χ4v) is 3.59. The molecule has 6 heteroatoms. The van der Waals surface area contributed by atoms with Gasteiger partial charge >= 0.3 is 6.18 Å². The van der Waals surface area contributed by atoms with E-state index in [0.29, 0.717) is 0 Å². The molecule has 1 fully saturated rings. The van der Waals surface area contributed by atoms with Crippen LogP contribution in [0.25, 0.3) is 11.1 Å². The molecule has 3 nitrogen and oxygen atoms in total. The van der Waals surface area contributed by atoms with Crippen molar-refractivity contribution in [2.24, 2.45) is 0 Å². The van der Waals surface area contributed by atoms with Crippen molar-refractivity contribution in [2.75, 3.05) is 32.8 Å². The van der Waals surface area contributed by atoms with Crippen LogP contribution < -0.4 is 5.32 Å². The zero-order valence-corrected chi connectivity index (χ0v) is 15.2. The third-order valence-electron chi connectivity index (χ3n) is 5.07. The highest BCUT2D eigenvalue weighted by molar-refractivity contribution is 5.64. The average Bonchev–Trinajstić information content (AvgIpc) is 2.69. The van der Waals surface area contributed by atoms with Crippen LogP contribution in [0, 0.1) is 0 Å². The van der Waals surface area contributed by atoms with Crippen LogP contribution in [0.5, 0.6) is 0 Å². The standard InChI is InChI=1S/C21H25F3N2O/c22-21(23,24)19-9-7-17(8-10-19)16-3-5-18(6-4-16)20(2-1-15-27)26-13-11-25-12-14-26/h3-10,20,25,27H,1-2,11-15H2/t20-/m1/s1. The number of hydrogen-bond donors (Lipinski definition) is 2. The van der Waals surface area contributed by atoms with E-state index in [9.17, 15) is 18.3 Å². The largest absolute Gasteiger partial charge is 0.416 e. The van der Waals surface area contributed by atoms with Gasteiger partial charge in [0.05, 0.1) is 5.56 Å². The molecule has 0 saturated carbocycles. The van der Waals surface area contributed by atoms with Crippen molar-refractivity contribution < 1.29 is 18.3 Å². The first kappa shape index (κ1) is 19.9. The molecule has 1 aliphatic heterocycles. The Morgan fingerprint density at radius 2 is 1.48 bits per heavy atom. The minimum Gasteiger partial charge on any atom is -0.396 e. The summed E-state index contributed by atoms with van der Waals surface area (Å²) in [5, 5.41) is 12.6. The number of halogens is 3. The van der Waals surface area contributed by atoms with E-state index < -0.39 is 11.7 Å². The van der Waals surface area contributed by atoms with Gasteiger partial charge < -0.3 is 10.4 Å². The molecule has 1 heterocycles. The van der Waals surface area contributed by atoms with Gasteiger partial charge in [0.25, 0.3) is 0 Å². The first-order chi connectivity index (χ1) is 13.0. The summed E-state index contributed by atoms with van der Waals surface area (Å²) in [6.45, 7) is 4.03. The van der Waals surface area contributed by atoms with Crippen LogP contribution in [0.4, 0.5) is 13.2 Å². The number of aliphatic hydroxyl groups excluding tert-OH is 1. The van der Waals surface area contributed by atoms with Crippen molar-refractivity contribution >= 4 is 0 Å². The van der Waals surface area contributed by atoms with E-state index in [4.69, 9.17) is 0 Å². The first-order valence-electron chi connectivity index (χ1n) is 9.32. The van der Waals surface area contributed by atoms with Crippen LogP contribution in [-0.4, -0.2) is 42.8 Å². The van der Waals surface area contributed by atoms with E-state index in [1.54, 1.807) is 0 Å². The SMILES string of the molecule is OCCC[C@H](c1ccc(-c2ccc(C(F)(F)F)cc2)cc1)N1CCNCC1. The third-order valence-corrected chi connectivity index (χ3v) is 5.07. The Balaban J connectivity index is 1.77. The Bertz CT molecular complexity index is 708. The molecule has 1 aliphatic rings. The Kier molecular flexibility index (Phi) is 6.52. The zero-order chi connectivity index (χ0) is 19.3. The maximum Gasteiger partial charge on any atom is 0.416 e. The predicted molar refractivity (Wildman–Crippen MR) is 100 cm³/mol. The Hall–Kier alpha value is -1.89. The van der Waals surface area contributed by atoms with Gasteiger partial charge in [-0.1, -0.05) is 36.4 Å². The molecule has 0 aromatic heterocycles. The molecule has 0 bridgehead atoms. The van der Waals surface area contributed by atoms with Crippen LogP contribution in [0.15, 0.2) is 48.5 Å². The van der Waals surface area contributed by atoms with Crippen molar-refractivity contribution in [3.63, 3.8) is 0 Å². The van der Waals surface area contributed by atoms with Gasteiger partial charge in [0.2, 0.25) is 0 Å². The zero-order valence-electron chi connectivity index (χ0n) is 15.2. The molecule has 3 rings (SSSR count). The summed E-state index contributed by atoms with van der Waals surface area (Å²) in [7, 11) is 0. The average molecular weight is 378 g/mol. The van der Waals surface area contributed by atoms with E-state index in [1.165, 1.54) is 17.7 Å². The fourth-order valence-electron chi connectivity index (χ4n) is 3.59. The van der Waals surface area contributed by atoms with Crippen molar-refractivity contribution in [3.8, 4) is 11.1 Å². The van der Waals surface area contributed by atoms with Gasteiger partial charge in [-0.2, -0.15) is 13.2 Å². The number of nitrogens with zero attached hydrogens (tertiary/aromatic N) is 1. The second-order valence-electron chi connectivity index (χ2n) is 6.86. The van der Waals surface area contributed by atoms with Crippen LogP contribution in [0.3, 0.4) is 0 Å². The number of rotatable bonds is 6. The highest BCUT2D eigenvalue weighted by Gasteiger charge is 2.30. The second kappa shape index (κ2) is 8.87. The molecular formula is C21H25F3N2O. The molecule has 27 heavy (non-hydrogen) atoms. The quantitative estimate of drug-likeness (QED) is 0.795. The topological polar surface area (TPSA) is 35.5 Å². The number of piperazine rings is 1. The van der Waals surface area contributed by atoms with E-state index in [-0.39, 0.29) is 12.6 Å². The molecule has 2 N–H and O–H groups in total. The Morgan fingerprint density at radius 3 is 2.00 bits per heavy atom. The molecule has 1 saturated heterocycles. The van der Waals surface area contributed by atoms with Gasteiger partial charge in [-0.05, 0) is 41.7 Å². The van der Waals surface area contributed by atoms with Crippen LogP contribution in [-0.2, 0) is 6.18 Å². The number of nitrogens with one attached hydrogen (secondary N) is 1. The van der Waals surface area contributed by atoms with Crippen molar-refractivity contribution in [1.82, 2.24) is 10.2 Å². The lowest BCUT2D eigenvalue weighted by Crippen LogP contribution is -2.45. The summed E-state index contributed by atoms with van der Waals surface area (Å²) in [4.78, 5) is 2.43. The Labute approximate surface area is 157 Å². The lowest BCUT2D eigenvalue weighted by molar-refractivity contribution is -0.137. The summed E-state index contributed by atoms with van der Waals surface area (Å²) in [6.07, 6.45) is -2.68. The van der Waals surface area contributed by atoms with E-state index in [0.717, 1.165) is 62.3 Å². The molecule has 0 spiro atoms. The molecule has 2 aromatic rings. The highest BCUT2D eigenvalue weighted by Crippen LogP contribution is 2.32. The monoisotopic (exact) mass is 378 g/mol. The Morgan fingerprint density at radius 1 is 0.926 bits per heavy atom. The van der Waals surface area contributed by atoms with Gasteiger partial charge in [-0.25, -0.2) is 0 Å². The highest BCUT2D eigenvalue weighted by atomic mass is 19.4. The van der Waals surface area contributed by atoms with Gasteiger partial charge in [-0.3, -0.25) is 4.90 Å². The molecule has 2 aromatic carbocycles. The second-order valence-corrected chi connectivity index (χ2v) is 6.86. The number of alkyl halides is 3. The fraction of sp³-hybridized carbons (Fsp3) is 0.429. The summed E-state index contributed by atoms with van der Waals surface area (Å²) < 4.78 is 38.1. The maximum atomic E-state index is 12.7. The maximum absolute atomic E-state index is 12.7. The minimum absolute atomic E-state index is 0.173. The number of hydrogen-bond acceptors (Lipinski definition) is 3. The summed E-state index contributed by atoms with van der Waals surface area (Å²) >= 11 is 0. The van der Waals surface area contributed by atoms with Crippen LogP contribution >= 0.6 is 0 Å². The molecule has 0 aliphatic carbocycles. The van der Waals surface area contributed by atoms with Crippen molar-refractivity contribution in [1.29, 1.82) is 0 Å². The van der Waals surface area contributed by atoms with Gasteiger partial charge in [0.15, 0.2) is 0 Å².